The lowest BCUT2D eigenvalue weighted by Crippen LogP contribution is -2.17. The van der Waals surface area contributed by atoms with Crippen LogP contribution in [0.4, 0.5) is 0 Å². The van der Waals surface area contributed by atoms with E-state index in [-0.39, 0.29) is 6.04 Å². The maximum absolute atomic E-state index is 6.32. The van der Waals surface area contributed by atoms with Gasteiger partial charge in [-0.3, -0.25) is 0 Å². The minimum absolute atomic E-state index is 0.118. The monoisotopic (exact) mass is 345 g/mol. The molecule has 0 aliphatic heterocycles. The summed E-state index contributed by atoms with van der Waals surface area (Å²) in [4.78, 5) is 1.84. The van der Waals surface area contributed by atoms with Gasteiger partial charge in [0.2, 0.25) is 0 Å². The molecule has 0 aliphatic carbocycles. The molecule has 5 heteroatoms. The number of hydrogen-bond acceptors (Lipinski definition) is 2. The number of rotatable bonds is 4. The van der Waals surface area contributed by atoms with Crippen molar-refractivity contribution in [2.24, 2.45) is 5.73 Å². The van der Waals surface area contributed by atoms with Crippen molar-refractivity contribution >= 4 is 46.6 Å². The van der Waals surface area contributed by atoms with E-state index in [0.717, 1.165) is 21.8 Å². The highest BCUT2D eigenvalue weighted by atomic mass is 35.5. The van der Waals surface area contributed by atoms with Gasteiger partial charge < -0.3 is 5.73 Å². The van der Waals surface area contributed by atoms with E-state index in [9.17, 15) is 0 Å². The van der Waals surface area contributed by atoms with E-state index in [1.54, 1.807) is 12.1 Å². The summed E-state index contributed by atoms with van der Waals surface area (Å²) in [5.41, 5.74) is 6.92. The fourth-order valence-corrected chi connectivity index (χ4v) is 3.47. The van der Waals surface area contributed by atoms with Crippen molar-refractivity contribution in [2.45, 2.75) is 29.2 Å². The minimum Gasteiger partial charge on any atom is -0.328 e. The molecule has 1 nitrogen and oxygen atoms in total. The Morgan fingerprint density at radius 1 is 1.00 bits per heavy atom. The molecule has 1 atom stereocenters. The molecule has 0 aromatic heterocycles. The molecular weight excluding hydrogens is 333 g/mol. The van der Waals surface area contributed by atoms with E-state index in [2.05, 4.69) is 0 Å². The van der Waals surface area contributed by atoms with E-state index in [1.165, 1.54) is 11.8 Å². The molecule has 0 saturated carbocycles. The summed E-state index contributed by atoms with van der Waals surface area (Å²) in [7, 11) is 0. The highest BCUT2D eigenvalue weighted by Gasteiger charge is 2.08. The molecule has 1 unspecified atom stereocenters. The lowest BCUT2D eigenvalue weighted by molar-refractivity contribution is 0.738. The van der Waals surface area contributed by atoms with Gasteiger partial charge in [0.25, 0.3) is 0 Å². The van der Waals surface area contributed by atoms with Gasteiger partial charge in [0.1, 0.15) is 0 Å². The maximum atomic E-state index is 6.32. The lowest BCUT2D eigenvalue weighted by atomic mass is 10.1. The zero-order valence-corrected chi connectivity index (χ0v) is 14.0. The summed E-state index contributed by atoms with van der Waals surface area (Å²) in [6.45, 7) is 1.97. The zero-order valence-electron chi connectivity index (χ0n) is 10.9. The fourth-order valence-electron chi connectivity index (χ4n) is 1.80. The molecule has 106 valence electrons. The van der Waals surface area contributed by atoms with Gasteiger partial charge in [-0.05, 0) is 49.2 Å². The van der Waals surface area contributed by atoms with Crippen LogP contribution in [-0.2, 0) is 6.42 Å². The third-order valence-corrected chi connectivity index (χ3v) is 4.90. The van der Waals surface area contributed by atoms with Crippen molar-refractivity contribution in [1.82, 2.24) is 0 Å². The second kappa shape index (κ2) is 7.06. The predicted octanol–water partition coefficient (Wildman–Crippen LogP) is 5.69. The Kier molecular flexibility index (Phi) is 5.65. The van der Waals surface area contributed by atoms with Crippen LogP contribution in [0.3, 0.4) is 0 Å². The Morgan fingerprint density at radius 2 is 1.75 bits per heavy atom. The Morgan fingerprint density at radius 3 is 2.40 bits per heavy atom. The molecule has 0 spiro atoms. The van der Waals surface area contributed by atoms with Crippen LogP contribution in [0, 0.1) is 0 Å². The first-order valence-corrected chi connectivity index (χ1v) is 8.07. The fraction of sp³-hybridized carbons (Fsp3) is 0.200. The van der Waals surface area contributed by atoms with Crippen LogP contribution in [0.1, 0.15) is 12.5 Å². The van der Waals surface area contributed by atoms with Gasteiger partial charge in [0.05, 0.1) is 10.0 Å². The van der Waals surface area contributed by atoms with Crippen LogP contribution in [-0.4, -0.2) is 6.04 Å². The Labute approximate surface area is 138 Å². The second-order valence-electron chi connectivity index (χ2n) is 4.62. The molecule has 20 heavy (non-hydrogen) atoms. The minimum atomic E-state index is 0.118. The van der Waals surface area contributed by atoms with Gasteiger partial charge in [-0.15, -0.1) is 0 Å². The number of hydrogen-bond donors (Lipinski definition) is 1. The molecule has 0 radical (unpaired) electrons. The molecule has 0 heterocycles. The molecule has 2 aromatic rings. The number of nitrogens with two attached hydrogens (primary N) is 1. The molecule has 0 saturated heterocycles. The van der Waals surface area contributed by atoms with Crippen LogP contribution in [0.5, 0.6) is 0 Å². The average Bonchev–Trinajstić information content (AvgIpc) is 2.36. The normalized spacial score (nSPS) is 12.4. The van der Waals surface area contributed by atoms with E-state index < -0.39 is 0 Å². The smallest absolute Gasteiger partial charge is 0.0548 e. The van der Waals surface area contributed by atoms with Crippen LogP contribution in [0.25, 0.3) is 0 Å². The van der Waals surface area contributed by atoms with Gasteiger partial charge in [0, 0.05) is 20.9 Å². The van der Waals surface area contributed by atoms with E-state index in [4.69, 9.17) is 40.5 Å². The summed E-state index contributed by atoms with van der Waals surface area (Å²) in [5.74, 6) is 0. The highest BCUT2D eigenvalue weighted by Crippen LogP contribution is 2.38. The molecule has 0 fully saturated rings. The van der Waals surface area contributed by atoms with Crippen molar-refractivity contribution < 1.29 is 0 Å². The molecular formula is C15H14Cl3NS. The van der Waals surface area contributed by atoms with Gasteiger partial charge in [-0.25, -0.2) is 0 Å². The topological polar surface area (TPSA) is 26.0 Å². The number of benzene rings is 2. The summed E-state index contributed by atoms with van der Waals surface area (Å²) < 4.78 is 0. The first-order valence-electron chi connectivity index (χ1n) is 6.12. The van der Waals surface area contributed by atoms with E-state index >= 15 is 0 Å². The first-order chi connectivity index (χ1) is 9.45. The molecule has 2 rings (SSSR count). The predicted molar refractivity (Wildman–Crippen MR) is 89.4 cm³/mol. The Balaban J connectivity index is 2.23. The van der Waals surface area contributed by atoms with Crippen LogP contribution >= 0.6 is 46.6 Å². The van der Waals surface area contributed by atoms with Crippen molar-refractivity contribution in [2.75, 3.05) is 0 Å². The van der Waals surface area contributed by atoms with E-state index in [1.807, 2.05) is 31.2 Å². The van der Waals surface area contributed by atoms with Crippen LogP contribution in [0.15, 0.2) is 46.2 Å². The molecule has 0 amide bonds. The van der Waals surface area contributed by atoms with Gasteiger partial charge >= 0.3 is 0 Å². The number of halogens is 3. The quantitative estimate of drug-likeness (QED) is 0.769. The first kappa shape index (κ1) is 16.0. The third-order valence-electron chi connectivity index (χ3n) is 2.67. The SMILES string of the molecule is CC(N)Cc1ccc(Sc2cc(Cl)ccc2Cl)c(Cl)c1. The summed E-state index contributed by atoms with van der Waals surface area (Å²) in [6, 6.07) is 11.5. The van der Waals surface area contributed by atoms with E-state index in [0.29, 0.717) is 15.1 Å². The third kappa shape index (κ3) is 4.31. The van der Waals surface area contributed by atoms with Crippen molar-refractivity contribution in [1.29, 1.82) is 0 Å². The largest absolute Gasteiger partial charge is 0.328 e. The molecule has 0 bridgehead atoms. The van der Waals surface area contributed by atoms with Gasteiger partial charge in [-0.2, -0.15) is 0 Å². The van der Waals surface area contributed by atoms with Crippen molar-refractivity contribution in [3.8, 4) is 0 Å². The second-order valence-corrected chi connectivity index (χ2v) is 6.96. The van der Waals surface area contributed by atoms with Crippen LogP contribution < -0.4 is 5.73 Å². The molecule has 2 aromatic carbocycles. The van der Waals surface area contributed by atoms with Crippen LogP contribution in [0.2, 0.25) is 15.1 Å². The van der Waals surface area contributed by atoms with Gasteiger partial charge in [0.15, 0.2) is 0 Å². The maximum Gasteiger partial charge on any atom is 0.0548 e. The lowest BCUT2D eigenvalue weighted by Gasteiger charge is -2.10. The van der Waals surface area contributed by atoms with Crippen molar-refractivity contribution in [3.63, 3.8) is 0 Å². The summed E-state index contributed by atoms with van der Waals surface area (Å²) in [6.07, 6.45) is 0.808. The summed E-state index contributed by atoms with van der Waals surface area (Å²) >= 11 is 20.0. The highest BCUT2D eigenvalue weighted by molar-refractivity contribution is 7.99. The molecule has 0 aliphatic rings. The standard InChI is InChI=1S/C15H14Cl3NS/c1-9(19)6-10-2-5-14(13(18)7-10)20-15-8-11(16)3-4-12(15)17/h2-5,7-9H,6,19H2,1H3. The molecule has 2 N–H and O–H groups in total. The Bertz CT molecular complexity index is 614. The van der Waals surface area contributed by atoms with Crippen molar-refractivity contribution in [3.05, 3.63) is 57.0 Å². The Hall–Kier alpha value is -0.380. The average molecular weight is 347 g/mol. The van der Waals surface area contributed by atoms with Gasteiger partial charge in [-0.1, -0.05) is 52.6 Å². The zero-order chi connectivity index (χ0) is 14.7. The summed E-state index contributed by atoms with van der Waals surface area (Å²) in [5, 5.41) is 2.01.